The smallest absolute Gasteiger partial charge is 0.144 e. The van der Waals surface area contributed by atoms with E-state index in [1.54, 1.807) is 18.2 Å². The summed E-state index contributed by atoms with van der Waals surface area (Å²) in [5, 5.41) is 3.79. The van der Waals surface area contributed by atoms with Crippen molar-refractivity contribution < 1.29 is 4.79 Å². The zero-order valence-electron chi connectivity index (χ0n) is 6.05. The van der Waals surface area contributed by atoms with E-state index in [4.69, 9.17) is 23.2 Å². The first-order chi connectivity index (χ1) is 5.74. The van der Waals surface area contributed by atoms with Gasteiger partial charge in [-0.1, -0.05) is 23.2 Å². The van der Waals surface area contributed by atoms with Gasteiger partial charge in [-0.05, 0) is 18.2 Å². The highest BCUT2D eigenvalue weighted by Crippen LogP contribution is 2.25. The Morgan fingerprint density at radius 3 is 2.75 bits per heavy atom. The topological polar surface area (TPSA) is 29.1 Å². The summed E-state index contributed by atoms with van der Waals surface area (Å²) in [4.78, 5) is 9.98. The van der Waals surface area contributed by atoms with Crippen LogP contribution >= 0.6 is 23.2 Å². The van der Waals surface area contributed by atoms with Crippen LogP contribution < -0.4 is 5.32 Å². The average Bonchev–Trinajstić information content (AvgIpc) is 2.07. The lowest BCUT2D eigenvalue weighted by molar-refractivity contribution is -0.105. The maximum Gasteiger partial charge on any atom is 0.144 e. The molecule has 0 unspecified atom stereocenters. The van der Waals surface area contributed by atoms with Crippen LogP contribution in [0, 0.1) is 6.54 Å². The Morgan fingerprint density at radius 1 is 1.33 bits per heavy atom. The molecule has 1 aromatic rings. The van der Waals surface area contributed by atoms with E-state index < -0.39 is 0 Å². The minimum absolute atomic E-state index is 0.525. The highest BCUT2D eigenvalue weighted by Gasteiger charge is 1.99. The predicted octanol–water partition coefficient (Wildman–Crippen LogP) is 2.77. The molecule has 0 aliphatic carbocycles. The lowest BCUT2D eigenvalue weighted by Gasteiger charge is -2.03. The molecule has 1 rings (SSSR count). The number of carbonyl (C=O) groups excluding carboxylic acids is 1. The molecule has 4 heteroatoms. The van der Waals surface area contributed by atoms with Crippen molar-refractivity contribution in [1.82, 2.24) is 0 Å². The van der Waals surface area contributed by atoms with E-state index in [-0.39, 0.29) is 0 Å². The third-order valence-electron chi connectivity index (χ3n) is 1.24. The van der Waals surface area contributed by atoms with Crippen LogP contribution in [-0.2, 0) is 4.79 Å². The van der Waals surface area contributed by atoms with E-state index in [0.717, 1.165) is 0 Å². The standard InChI is InChI=1S/C8H6Cl2NO/c9-6-1-2-7(10)8(5-6)11-3-4-12/h1-5,11H. The third-order valence-corrected chi connectivity index (χ3v) is 1.80. The van der Waals surface area contributed by atoms with Gasteiger partial charge in [0.1, 0.15) is 12.8 Å². The number of rotatable bonds is 3. The van der Waals surface area contributed by atoms with E-state index in [2.05, 4.69) is 5.32 Å². The predicted molar refractivity (Wildman–Crippen MR) is 50.4 cm³/mol. The van der Waals surface area contributed by atoms with Crippen LogP contribution in [0.4, 0.5) is 5.69 Å². The highest BCUT2D eigenvalue weighted by molar-refractivity contribution is 6.35. The average molecular weight is 203 g/mol. The van der Waals surface area contributed by atoms with Crippen LogP contribution in [0.1, 0.15) is 0 Å². The fourth-order valence-electron chi connectivity index (χ4n) is 0.732. The number of benzene rings is 1. The molecule has 12 heavy (non-hydrogen) atoms. The maximum absolute atomic E-state index is 9.98. The fourth-order valence-corrected chi connectivity index (χ4v) is 1.08. The molecule has 1 radical (unpaired) electrons. The van der Waals surface area contributed by atoms with E-state index >= 15 is 0 Å². The minimum atomic E-state index is 0.525. The molecule has 0 amide bonds. The Bertz CT molecular complexity index is 288. The number of carbonyl (C=O) groups is 1. The first kappa shape index (κ1) is 9.36. The van der Waals surface area contributed by atoms with E-state index in [9.17, 15) is 4.79 Å². The van der Waals surface area contributed by atoms with Crippen molar-refractivity contribution in [2.45, 2.75) is 0 Å². The molecule has 0 saturated carbocycles. The largest absolute Gasteiger partial charge is 0.372 e. The number of anilines is 1. The van der Waals surface area contributed by atoms with Crippen LogP contribution in [0.2, 0.25) is 10.0 Å². The molecule has 0 fully saturated rings. The molecule has 0 aromatic heterocycles. The van der Waals surface area contributed by atoms with Crippen LogP contribution in [-0.4, -0.2) is 6.29 Å². The van der Waals surface area contributed by atoms with Gasteiger partial charge in [-0.15, -0.1) is 0 Å². The van der Waals surface area contributed by atoms with E-state index in [0.29, 0.717) is 22.0 Å². The zero-order valence-corrected chi connectivity index (χ0v) is 7.56. The molecule has 1 N–H and O–H groups in total. The highest BCUT2D eigenvalue weighted by atomic mass is 35.5. The second-order valence-electron chi connectivity index (χ2n) is 2.07. The Balaban J connectivity index is 2.82. The minimum Gasteiger partial charge on any atom is -0.372 e. The Labute approximate surface area is 80.5 Å². The molecule has 2 nitrogen and oxygen atoms in total. The number of nitrogens with one attached hydrogen (secondary N) is 1. The van der Waals surface area contributed by atoms with Gasteiger partial charge in [-0.2, -0.15) is 0 Å². The van der Waals surface area contributed by atoms with Gasteiger partial charge in [0, 0.05) is 5.02 Å². The maximum atomic E-state index is 9.98. The van der Waals surface area contributed by atoms with Gasteiger partial charge in [-0.3, -0.25) is 0 Å². The third kappa shape index (κ3) is 2.40. The van der Waals surface area contributed by atoms with Gasteiger partial charge < -0.3 is 10.1 Å². The SMILES string of the molecule is O=C[CH]Nc1cc(Cl)ccc1Cl. The van der Waals surface area contributed by atoms with Gasteiger partial charge in [0.2, 0.25) is 0 Å². The summed E-state index contributed by atoms with van der Waals surface area (Å²) in [5.41, 5.74) is 0.622. The van der Waals surface area contributed by atoms with Crippen molar-refractivity contribution in [3.63, 3.8) is 0 Å². The molecule has 0 aliphatic rings. The molecule has 0 aliphatic heterocycles. The van der Waals surface area contributed by atoms with Crippen molar-refractivity contribution in [1.29, 1.82) is 0 Å². The number of hydrogen-bond donors (Lipinski definition) is 1. The second-order valence-corrected chi connectivity index (χ2v) is 2.91. The molecule has 63 valence electrons. The van der Waals surface area contributed by atoms with Gasteiger partial charge in [0.25, 0.3) is 0 Å². The molecule has 0 bridgehead atoms. The van der Waals surface area contributed by atoms with Crippen molar-refractivity contribution in [2.24, 2.45) is 0 Å². The fraction of sp³-hybridized carbons (Fsp3) is 0. The molecule has 0 atom stereocenters. The van der Waals surface area contributed by atoms with Crippen molar-refractivity contribution in [2.75, 3.05) is 5.32 Å². The van der Waals surface area contributed by atoms with Crippen LogP contribution in [0.3, 0.4) is 0 Å². The number of halogens is 2. The van der Waals surface area contributed by atoms with E-state index in [1.807, 2.05) is 0 Å². The van der Waals surface area contributed by atoms with Gasteiger partial charge in [0.05, 0.1) is 10.7 Å². The molecule has 0 saturated heterocycles. The molecule has 0 spiro atoms. The van der Waals surface area contributed by atoms with Crippen molar-refractivity contribution >= 4 is 35.2 Å². The first-order valence-corrected chi connectivity index (χ1v) is 3.98. The van der Waals surface area contributed by atoms with Gasteiger partial charge in [0.15, 0.2) is 0 Å². The summed E-state index contributed by atoms with van der Waals surface area (Å²) in [6.07, 6.45) is 0.636. The monoisotopic (exact) mass is 202 g/mol. The zero-order chi connectivity index (χ0) is 8.97. The van der Waals surface area contributed by atoms with Gasteiger partial charge in [-0.25, -0.2) is 0 Å². The van der Waals surface area contributed by atoms with Crippen LogP contribution in [0.5, 0.6) is 0 Å². The quantitative estimate of drug-likeness (QED) is 0.765. The Kier molecular flexibility index (Phi) is 3.38. The summed E-state index contributed by atoms with van der Waals surface area (Å²) < 4.78 is 0. The lowest BCUT2D eigenvalue weighted by atomic mass is 10.3. The normalized spacial score (nSPS) is 9.50. The summed E-state index contributed by atoms with van der Waals surface area (Å²) in [7, 11) is 0. The molecule has 0 heterocycles. The molecular formula is C8H6Cl2NO. The molecular weight excluding hydrogens is 197 g/mol. The van der Waals surface area contributed by atoms with Crippen molar-refractivity contribution in [3.05, 3.63) is 34.8 Å². The second kappa shape index (κ2) is 4.33. The Hall–Kier alpha value is -0.730. The summed E-state index contributed by atoms with van der Waals surface area (Å²) in [6.45, 7) is 1.25. The van der Waals surface area contributed by atoms with E-state index in [1.165, 1.54) is 6.54 Å². The van der Waals surface area contributed by atoms with Gasteiger partial charge >= 0.3 is 0 Å². The summed E-state index contributed by atoms with van der Waals surface area (Å²) >= 11 is 11.5. The van der Waals surface area contributed by atoms with Crippen molar-refractivity contribution in [3.8, 4) is 0 Å². The Morgan fingerprint density at radius 2 is 2.08 bits per heavy atom. The van der Waals surface area contributed by atoms with Crippen LogP contribution in [0.25, 0.3) is 0 Å². The summed E-state index contributed by atoms with van der Waals surface area (Å²) in [6, 6.07) is 4.98. The van der Waals surface area contributed by atoms with Crippen LogP contribution in [0.15, 0.2) is 18.2 Å². The first-order valence-electron chi connectivity index (χ1n) is 3.22. The number of aldehydes is 1. The lowest BCUT2D eigenvalue weighted by Crippen LogP contribution is -1.95. The number of hydrogen-bond acceptors (Lipinski definition) is 2. The summed E-state index contributed by atoms with van der Waals surface area (Å²) in [5.74, 6) is 0. The molecule has 1 aromatic carbocycles.